The summed E-state index contributed by atoms with van der Waals surface area (Å²) in [6.45, 7) is 0. The van der Waals surface area contributed by atoms with Crippen molar-refractivity contribution in [2.45, 2.75) is 6.42 Å². The first-order valence-electron chi connectivity index (χ1n) is 4.94. The summed E-state index contributed by atoms with van der Waals surface area (Å²) in [4.78, 5) is 18.4. The fraction of sp³-hybridized carbons (Fsp3) is 0.0833. The molecule has 0 radical (unpaired) electrons. The monoisotopic (exact) mass is 232 g/mol. The Balaban J connectivity index is 2.43. The zero-order chi connectivity index (χ0) is 12.3. The van der Waals surface area contributed by atoms with Crippen molar-refractivity contribution in [2.75, 3.05) is 0 Å². The molecule has 17 heavy (non-hydrogen) atoms. The number of halogens is 1. The molecule has 1 N–H and O–H groups in total. The number of aliphatic carboxylic acids is 1. The Morgan fingerprint density at radius 2 is 1.94 bits per heavy atom. The Morgan fingerprint density at radius 1 is 1.24 bits per heavy atom. The number of nitrogens with zero attached hydrogens (tertiary/aromatic N) is 2. The molecular formula is C12H9FN2O2. The average Bonchev–Trinajstić information content (AvgIpc) is 2.32. The Morgan fingerprint density at radius 3 is 2.59 bits per heavy atom. The van der Waals surface area contributed by atoms with Crippen molar-refractivity contribution in [1.82, 2.24) is 9.97 Å². The van der Waals surface area contributed by atoms with E-state index in [1.54, 1.807) is 12.1 Å². The molecular weight excluding hydrogens is 223 g/mol. The van der Waals surface area contributed by atoms with Crippen LogP contribution in [-0.4, -0.2) is 21.0 Å². The van der Waals surface area contributed by atoms with Gasteiger partial charge in [-0.15, -0.1) is 0 Å². The standard InChI is InChI=1S/C12H9FN2O2/c13-10-2-1-9(7-11(16)17)15-12(10)8-3-5-14-6-4-8/h1-6H,7H2,(H,16,17). The van der Waals surface area contributed by atoms with Gasteiger partial charge in [-0.3, -0.25) is 9.78 Å². The van der Waals surface area contributed by atoms with Crippen LogP contribution in [0.2, 0.25) is 0 Å². The van der Waals surface area contributed by atoms with Crippen molar-refractivity contribution >= 4 is 5.97 Å². The van der Waals surface area contributed by atoms with Crippen LogP contribution in [0, 0.1) is 5.82 Å². The first-order chi connectivity index (χ1) is 8.16. The summed E-state index contributed by atoms with van der Waals surface area (Å²) in [5.41, 5.74) is 1.04. The van der Waals surface area contributed by atoms with E-state index in [4.69, 9.17) is 5.11 Å². The quantitative estimate of drug-likeness (QED) is 0.877. The first kappa shape index (κ1) is 11.2. The molecule has 5 heteroatoms. The predicted molar refractivity (Wildman–Crippen MR) is 58.8 cm³/mol. The molecule has 2 aromatic rings. The highest BCUT2D eigenvalue weighted by molar-refractivity contribution is 5.70. The predicted octanol–water partition coefficient (Wildman–Crippen LogP) is 1.91. The summed E-state index contributed by atoms with van der Waals surface area (Å²) in [5.74, 6) is -1.48. The van der Waals surface area contributed by atoms with Crippen LogP contribution < -0.4 is 0 Å². The molecule has 0 aliphatic carbocycles. The van der Waals surface area contributed by atoms with E-state index in [-0.39, 0.29) is 12.1 Å². The minimum Gasteiger partial charge on any atom is -0.481 e. The lowest BCUT2D eigenvalue weighted by atomic mass is 10.1. The van der Waals surface area contributed by atoms with Crippen LogP contribution in [0.1, 0.15) is 5.69 Å². The van der Waals surface area contributed by atoms with Gasteiger partial charge in [0.15, 0.2) is 0 Å². The summed E-state index contributed by atoms with van der Waals surface area (Å²) in [5, 5.41) is 8.65. The van der Waals surface area contributed by atoms with Crippen molar-refractivity contribution < 1.29 is 14.3 Å². The zero-order valence-corrected chi connectivity index (χ0v) is 8.80. The van der Waals surface area contributed by atoms with Crippen LogP contribution in [0.3, 0.4) is 0 Å². The summed E-state index contributed by atoms with van der Waals surface area (Å²) < 4.78 is 13.6. The molecule has 0 saturated heterocycles. The number of carbonyl (C=O) groups is 1. The van der Waals surface area contributed by atoms with E-state index in [1.807, 2.05) is 0 Å². The Bertz CT molecular complexity index is 543. The molecule has 2 rings (SSSR count). The van der Waals surface area contributed by atoms with Crippen molar-refractivity contribution in [3.63, 3.8) is 0 Å². The Kier molecular flexibility index (Phi) is 3.09. The first-order valence-corrected chi connectivity index (χ1v) is 4.94. The van der Waals surface area contributed by atoms with Crippen molar-refractivity contribution in [2.24, 2.45) is 0 Å². The van der Waals surface area contributed by atoms with Crippen LogP contribution in [0.5, 0.6) is 0 Å². The molecule has 0 aliphatic heterocycles. The van der Waals surface area contributed by atoms with Gasteiger partial charge in [-0.2, -0.15) is 0 Å². The number of pyridine rings is 2. The fourth-order valence-electron chi connectivity index (χ4n) is 1.45. The van der Waals surface area contributed by atoms with Gasteiger partial charge in [0.2, 0.25) is 0 Å². The molecule has 4 nitrogen and oxygen atoms in total. The maximum Gasteiger partial charge on any atom is 0.309 e. The number of hydrogen-bond acceptors (Lipinski definition) is 3. The number of rotatable bonds is 3. The molecule has 2 heterocycles. The van der Waals surface area contributed by atoms with E-state index in [2.05, 4.69) is 9.97 Å². The van der Waals surface area contributed by atoms with E-state index in [1.165, 1.54) is 24.5 Å². The normalized spacial score (nSPS) is 10.2. The highest BCUT2D eigenvalue weighted by Gasteiger charge is 2.09. The number of carboxylic acid groups (broad SMARTS) is 1. The van der Waals surface area contributed by atoms with E-state index in [9.17, 15) is 9.18 Å². The highest BCUT2D eigenvalue weighted by atomic mass is 19.1. The number of hydrogen-bond donors (Lipinski definition) is 1. The van der Waals surface area contributed by atoms with E-state index < -0.39 is 11.8 Å². The van der Waals surface area contributed by atoms with Gasteiger partial charge < -0.3 is 5.11 Å². The average molecular weight is 232 g/mol. The van der Waals surface area contributed by atoms with Gasteiger partial charge in [-0.05, 0) is 24.3 Å². The lowest BCUT2D eigenvalue weighted by Crippen LogP contribution is -2.03. The van der Waals surface area contributed by atoms with Crippen molar-refractivity contribution in [3.05, 3.63) is 48.2 Å². The molecule has 0 aliphatic rings. The van der Waals surface area contributed by atoms with Gasteiger partial charge in [0.25, 0.3) is 0 Å². The minimum absolute atomic E-state index is 0.145. The molecule has 0 saturated carbocycles. The van der Waals surface area contributed by atoms with Gasteiger partial charge in [0, 0.05) is 18.0 Å². The van der Waals surface area contributed by atoms with Crippen LogP contribution >= 0.6 is 0 Å². The second-order valence-corrected chi connectivity index (χ2v) is 3.44. The second-order valence-electron chi connectivity index (χ2n) is 3.44. The van der Waals surface area contributed by atoms with Gasteiger partial charge in [-0.1, -0.05) is 0 Å². The van der Waals surface area contributed by atoms with Gasteiger partial charge in [-0.25, -0.2) is 9.37 Å². The van der Waals surface area contributed by atoms with E-state index >= 15 is 0 Å². The molecule has 0 fully saturated rings. The molecule has 0 atom stereocenters. The summed E-state index contributed by atoms with van der Waals surface area (Å²) in [7, 11) is 0. The third kappa shape index (κ3) is 2.63. The lowest BCUT2D eigenvalue weighted by Gasteiger charge is -2.04. The van der Waals surface area contributed by atoms with Gasteiger partial charge in [0.1, 0.15) is 11.5 Å². The zero-order valence-electron chi connectivity index (χ0n) is 8.80. The topological polar surface area (TPSA) is 63.1 Å². The molecule has 0 aromatic carbocycles. The third-order valence-corrected chi connectivity index (χ3v) is 2.19. The molecule has 0 unspecified atom stereocenters. The van der Waals surface area contributed by atoms with Crippen LogP contribution in [-0.2, 0) is 11.2 Å². The Labute approximate surface area is 96.8 Å². The third-order valence-electron chi connectivity index (χ3n) is 2.19. The van der Waals surface area contributed by atoms with Crippen LogP contribution in [0.25, 0.3) is 11.3 Å². The molecule has 0 bridgehead atoms. The van der Waals surface area contributed by atoms with Gasteiger partial charge >= 0.3 is 5.97 Å². The molecule has 0 amide bonds. The Hall–Kier alpha value is -2.30. The van der Waals surface area contributed by atoms with Crippen LogP contribution in [0.15, 0.2) is 36.7 Å². The summed E-state index contributed by atoms with van der Waals surface area (Å²) in [6.07, 6.45) is 2.83. The molecule has 2 aromatic heterocycles. The number of aromatic nitrogens is 2. The van der Waals surface area contributed by atoms with Gasteiger partial charge in [0.05, 0.1) is 12.1 Å². The molecule has 86 valence electrons. The second kappa shape index (κ2) is 4.69. The van der Waals surface area contributed by atoms with Crippen molar-refractivity contribution in [3.8, 4) is 11.3 Å². The fourth-order valence-corrected chi connectivity index (χ4v) is 1.45. The largest absolute Gasteiger partial charge is 0.481 e. The van der Waals surface area contributed by atoms with E-state index in [0.717, 1.165) is 0 Å². The maximum absolute atomic E-state index is 13.6. The SMILES string of the molecule is O=C(O)Cc1ccc(F)c(-c2ccncc2)n1. The lowest BCUT2D eigenvalue weighted by molar-refractivity contribution is -0.136. The maximum atomic E-state index is 13.6. The summed E-state index contributed by atoms with van der Waals surface area (Å²) in [6, 6.07) is 5.83. The molecule has 0 spiro atoms. The summed E-state index contributed by atoms with van der Waals surface area (Å²) >= 11 is 0. The van der Waals surface area contributed by atoms with Crippen molar-refractivity contribution in [1.29, 1.82) is 0 Å². The van der Waals surface area contributed by atoms with E-state index in [0.29, 0.717) is 11.3 Å². The minimum atomic E-state index is -0.996. The smallest absolute Gasteiger partial charge is 0.309 e. The number of carboxylic acids is 1. The van der Waals surface area contributed by atoms with Crippen LogP contribution in [0.4, 0.5) is 4.39 Å². The highest BCUT2D eigenvalue weighted by Crippen LogP contribution is 2.20.